The summed E-state index contributed by atoms with van der Waals surface area (Å²) in [6.45, 7) is 0. The zero-order chi connectivity index (χ0) is 43.8. The molecule has 2 aliphatic rings. The highest BCUT2D eigenvalue weighted by molar-refractivity contribution is 6.13. The van der Waals surface area contributed by atoms with Crippen LogP contribution >= 0.6 is 0 Å². The Labute approximate surface area is 386 Å². The second-order valence-electron chi connectivity index (χ2n) is 18.0. The summed E-state index contributed by atoms with van der Waals surface area (Å²) in [4.78, 5) is 11.2. The molecule has 0 saturated heterocycles. The zero-order valence-electron chi connectivity index (χ0n) is 36.2. The molecule has 0 fully saturated rings. The van der Waals surface area contributed by atoms with E-state index in [2.05, 4.69) is 240 Å². The Morgan fingerprint density at radius 1 is 0.313 bits per heavy atom. The van der Waals surface area contributed by atoms with Gasteiger partial charge in [0.15, 0.2) is 5.82 Å². The predicted molar refractivity (Wildman–Crippen MR) is 275 cm³/mol. The molecule has 0 radical (unpaired) electrons. The highest BCUT2D eigenvalue weighted by Gasteiger charge is 2.52. The van der Waals surface area contributed by atoms with Crippen LogP contribution in [0.4, 0.5) is 0 Å². The maximum absolute atomic E-state index is 5.73. The minimum absolute atomic E-state index is 0.462. The van der Waals surface area contributed by atoms with Gasteiger partial charge >= 0.3 is 0 Å². The molecule has 3 aromatic heterocycles. The molecule has 0 amide bonds. The first kappa shape index (κ1) is 36.5. The molecule has 0 unspecified atom stereocenters. The molecule has 0 aliphatic heterocycles. The molecule has 1 spiro atoms. The van der Waals surface area contributed by atoms with E-state index in [4.69, 9.17) is 9.97 Å². The zero-order valence-corrected chi connectivity index (χ0v) is 36.2. The quantitative estimate of drug-likeness (QED) is 0.177. The summed E-state index contributed by atoms with van der Waals surface area (Å²) in [5.74, 6) is 1.57. The van der Waals surface area contributed by atoms with Crippen molar-refractivity contribution < 1.29 is 0 Å². The Kier molecular flexibility index (Phi) is 7.40. The van der Waals surface area contributed by atoms with E-state index in [9.17, 15) is 0 Å². The van der Waals surface area contributed by atoms with Gasteiger partial charge in [-0.25, -0.2) is 9.97 Å². The van der Waals surface area contributed by atoms with Crippen molar-refractivity contribution in [2.75, 3.05) is 0 Å². The number of fused-ring (bicyclic) bond motifs is 17. The molecule has 15 rings (SSSR count). The fourth-order valence-corrected chi connectivity index (χ4v) is 12.1. The van der Waals surface area contributed by atoms with Gasteiger partial charge in [0.2, 0.25) is 0 Å². The minimum Gasteiger partial charge on any atom is -0.309 e. The summed E-state index contributed by atoms with van der Waals surface area (Å²) >= 11 is 0. The van der Waals surface area contributed by atoms with E-state index in [-0.39, 0.29) is 0 Å². The number of para-hydroxylation sites is 4. The van der Waals surface area contributed by atoms with E-state index in [0.29, 0.717) is 5.82 Å². The number of hydrogen-bond donors (Lipinski definition) is 0. The Morgan fingerprint density at radius 2 is 0.791 bits per heavy atom. The molecule has 2 aliphatic carbocycles. The van der Waals surface area contributed by atoms with Gasteiger partial charge in [-0.3, -0.25) is 4.57 Å². The average Bonchev–Trinajstić information content (AvgIpc) is 4.10. The molecule has 4 heteroatoms. The lowest BCUT2D eigenvalue weighted by atomic mass is 9.70. The van der Waals surface area contributed by atoms with Crippen LogP contribution in [0, 0.1) is 0 Å². The van der Waals surface area contributed by atoms with Crippen LogP contribution in [0.25, 0.3) is 111 Å². The van der Waals surface area contributed by atoms with Gasteiger partial charge in [0, 0.05) is 38.2 Å². The molecular formula is C63H38N4. The molecule has 4 nitrogen and oxygen atoms in total. The lowest BCUT2D eigenvalue weighted by molar-refractivity contribution is 0.794. The predicted octanol–water partition coefficient (Wildman–Crippen LogP) is 15.5. The Hall–Kier alpha value is -8.86. The molecule has 0 saturated carbocycles. The van der Waals surface area contributed by atoms with Crippen LogP contribution in [0.1, 0.15) is 22.3 Å². The number of nitrogens with zero attached hydrogens (tertiary/aromatic N) is 4. The third kappa shape index (κ3) is 4.86. The van der Waals surface area contributed by atoms with Crippen molar-refractivity contribution in [1.29, 1.82) is 0 Å². The number of hydrogen-bond acceptors (Lipinski definition) is 2. The van der Waals surface area contributed by atoms with Crippen LogP contribution < -0.4 is 0 Å². The van der Waals surface area contributed by atoms with Gasteiger partial charge in [-0.2, -0.15) is 0 Å². The third-order valence-electron chi connectivity index (χ3n) is 14.8. The molecule has 67 heavy (non-hydrogen) atoms. The van der Waals surface area contributed by atoms with Crippen molar-refractivity contribution in [3.05, 3.63) is 253 Å². The van der Waals surface area contributed by atoms with Crippen LogP contribution in [0.2, 0.25) is 0 Å². The maximum atomic E-state index is 5.73. The highest BCUT2D eigenvalue weighted by Crippen LogP contribution is 2.63. The standard InChI is InChI=1S/C63H38N4/c1-2-17-41(18-3-1)66-56-31-14-8-21-44(56)46-35-33-39(37-58(46)66)40-34-36-47-45-22-9-15-32-57(45)67(59(47)38-40)62-49-24-7-13-30-55(49)64-61(65-62)50-25-16-29-54-60(50)48-23-6-12-28-53(48)63(54)51-26-10-4-19-42(51)43-20-5-11-27-52(43)63/h1-38H. The van der Waals surface area contributed by atoms with Crippen LogP contribution in [0.5, 0.6) is 0 Å². The normalized spacial score (nSPS) is 13.2. The van der Waals surface area contributed by atoms with Crippen molar-refractivity contribution in [2.24, 2.45) is 0 Å². The van der Waals surface area contributed by atoms with Crippen LogP contribution in [-0.2, 0) is 5.41 Å². The monoisotopic (exact) mass is 850 g/mol. The van der Waals surface area contributed by atoms with Crippen LogP contribution in [0.15, 0.2) is 231 Å². The van der Waals surface area contributed by atoms with Crippen molar-refractivity contribution in [1.82, 2.24) is 19.1 Å². The average molecular weight is 851 g/mol. The summed E-state index contributed by atoms with van der Waals surface area (Å²) in [5.41, 5.74) is 19.7. The second kappa shape index (κ2) is 13.6. The molecule has 10 aromatic carbocycles. The third-order valence-corrected chi connectivity index (χ3v) is 14.8. The van der Waals surface area contributed by atoms with E-state index in [1.54, 1.807) is 0 Å². The number of benzene rings is 10. The molecular weight excluding hydrogens is 813 g/mol. The number of rotatable bonds is 4. The molecule has 3 heterocycles. The first-order valence-electron chi connectivity index (χ1n) is 23.1. The van der Waals surface area contributed by atoms with Crippen molar-refractivity contribution in [3.63, 3.8) is 0 Å². The van der Waals surface area contributed by atoms with Crippen LogP contribution in [0.3, 0.4) is 0 Å². The summed E-state index contributed by atoms with van der Waals surface area (Å²) in [5, 5.41) is 5.84. The van der Waals surface area contributed by atoms with Gasteiger partial charge in [-0.05, 0) is 104 Å². The molecule has 13 aromatic rings. The van der Waals surface area contributed by atoms with Crippen molar-refractivity contribution >= 4 is 54.5 Å². The van der Waals surface area contributed by atoms with Gasteiger partial charge in [-0.15, -0.1) is 0 Å². The summed E-state index contributed by atoms with van der Waals surface area (Å²) < 4.78 is 4.77. The Bertz CT molecular complexity index is 4180. The minimum atomic E-state index is -0.462. The second-order valence-corrected chi connectivity index (χ2v) is 18.0. The maximum Gasteiger partial charge on any atom is 0.162 e. The smallest absolute Gasteiger partial charge is 0.162 e. The molecule has 0 bridgehead atoms. The van der Waals surface area contributed by atoms with Gasteiger partial charge in [-0.1, -0.05) is 182 Å². The molecule has 0 atom stereocenters. The largest absolute Gasteiger partial charge is 0.309 e. The number of aromatic nitrogens is 4. The fraction of sp³-hybridized carbons (Fsp3) is 0.0159. The van der Waals surface area contributed by atoms with Gasteiger partial charge < -0.3 is 4.57 Å². The summed E-state index contributed by atoms with van der Waals surface area (Å²) in [7, 11) is 0. The first-order valence-corrected chi connectivity index (χ1v) is 23.1. The van der Waals surface area contributed by atoms with Crippen molar-refractivity contribution in [2.45, 2.75) is 5.41 Å². The SMILES string of the molecule is c1ccc(-n2c3ccccc3c3ccc(-c4ccc5c6ccccc6n(-c6nc(-c7cccc8c7-c7ccccc7C87c8ccccc8-c8ccccc87)nc7ccccc67)c5c4)cc32)cc1. The van der Waals surface area contributed by atoms with E-state index < -0.39 is 5.41 Å². The van der Waals surface area contributed by atoms with E-state index >= 15 is 0 Å². The fourth-order valence-electron chi connectivity index (χ4n) is 12.1. The molecule has 0 N–H and O–H groups in total. The van der Waals surface area contributed by atoms with Crippen LogP contribution in [-0.4, -0.2) is 19.1 Å². The van der Waals surface area contributed by atoms with Gasteiger partial charge in [0.25, 0.3) is 0 Å². The first-order chi connectivity index (χ1) is 33.3. The topological polar surface area (TPSA) is 35.6 Å². The molecule has 310 valence electrons. The lowest BCUT2D eigenvalue weighted by Gasteiger charge is -2.30. The Balaban J connectivity index is 0.973. The van der Waals surface area contributed by atoms with E-state index in [0.717, 1.165) is 50.1 Å². The summed E-state index contributed by atoms with van der Waals surface area (Å²) in [6.07, 6.45) is 0. The lowest BCUT2D eigenvalue weighted by Crippen LogP contribution is -2.25. The Morgan fingerprint density at radius 3 is 1.46 bits per heavy atom. The van der Waals surface area contributed by atoms with E-state index in [1.165, 1.54) is 77.1 Å². The van der Waals surface area contributed by atoms with E-state index in [1.807, 2.05) is 0 Å². The van der Waals surface area contributed by atoms with Gasteiger partial charge in [0.05, 0.1) is 33.0 Å². The van der Waals surface area contributed by atoms with Gasteiger partial charge in [0.1, 0.15) is 5.82 Å². The summed E-state index contributed by atoms with van der Waals surface area (Å²) in [6, 6.07) is 84.2. The highest BCUT2D eigenvalue weighted by atomic mass is 15.1. The van der Waals surface area contributed by atoms with Crippen molar-refractivity contribution in [3.8, 4) is 56.3 Å².